The molecule has 3 nitrogen and oxygen atoms in total. The highest BCUT2D eigenvalue weighted by atomic mass is 16.2. The minimum Gasteiger partial charge on any atom is -0.343 e. The molecule has 112 valence electrons. The largest absolute Gasteiger partial charge is 0.343 e. The predicted molar refractivity (Wildman–Crippen MR) is 81.2 cm³/mol. The van der Waals surface area contributed by atoms with Crippen LogP contribution in [-0.2, 0) is 4.79 Å². The number of carbonyl (C=O) groups excluding carboxylic acids is 1. The van der Waals surface area contributed by atoms with Crippen LogP contribution >= 0.6 is 0 Å². The molecule has 0 radical (unpaired) electrons. The first-order valence-electron chi connectivity index (χ1n) is 7.85. The van der Waals surface area contributed by atoms with E-state index in [1.165, 1.54) is 25.7 Å². The summed E-state index contributed by atoms with van der Waals surface area (Å²) in [7, 11) is 0. The van der Waals surface area contributed by atoms with Crippen molar-refractivity contribution in [2.75, 3.05) is 19.6 Å². The number of hydrogen-bond acceptors (Lipinski definition) is 2. The number of carbonyl (C=O) groups is 1. The molecule has 1 rings (SSSR count). The molecule has 0 unspecified atom stereocenters. The van der Waals surface area contributed by atoms with E-state index >= 15 is 0 Å². The number of nitrogens with zero attached hydrogens (tertiary/aromatic N) is 1. The van der Waals surface area contributed by atoms with E-state index in [2.05, 4.69) is 44.8 Å². The highest BCUT2D eigenvalue weighted by molar-refractivity contribution is 5.76. The van der Waals surface area contributed by atoms with Crippen LogP contribution in [0.1, 0.15) is 66.7 Å². The molecule has 1 fully saturated rings. The SMILES string of the molecule is CCC1(CC)CCN(C(=O)CCNC(C)(C)C)CC1. The third-order valence-corrected chi connectivity index (χ3v) is 4.67. The van der Waals surface area contributed by atoms with Gasteiger partial charge in [-0.1, -0.05) is 26.7 Å². The fourth-order valence-electron chi connectivity index (χ4n) is 2.89. The Balaban J connectivity index is 2.33. The first-order valence-corrected chi connectivity index (χ1v) is 7.85. The normalized spacial score (nSPS) is 19.5. The van der Waals surface area contributed by atoms with Crippen LogP contribution in [0.15, 0.2) is 0 Å². The Hall–Kier alpha value is -0.570. The molecule has 3 heteroatoms. The Labute approximate surface area is 119 Å². The summed E-state index contributed by atoms with van der Waals surface area (Å²) in [6.07, 6.45) is 5.48. The van der Waals surface area contributed by atoms with Crippen molar-refractivity contribution >= 4 is 5.91 Å². The van der Waals surface area contributed by atoms with Gasteiger partial charge < -0.3 is 10.2 Å². The van der Waals surface area contributed by atoms with Gasteiger partial charge in [-0.25, -0.2) is 0 Å². The second kappa shape index (κ2) is 6.74. The number of piperidine rings is 1. The van der Waals surface area contributed by atoms with Crippen molar-refractivity contribution in [2.45, 2.75) is 72.3 Å². The van der Waals surface area contributed by atoms with E-state index in [-0.39, 0.29) is 5.54 Å². The Morgan fingerprint density at radius 3 is 2.11 bits per heavy atom. The predicted octanol–water partition coefficient (Wildman–Crippen LogP) is 3.19. The molecule has 0 aromatic rings. The van der Waals surface area contributed by atoms with Gasteiger partial charge in [-0.3, -0.25) is 4.79 Å². The highest BCUT2D eigenvalue weighted by Gasteiger charge is 2.32. The van der Waals surface area contributed by atoms with Crippen molar-refractivity contribution < 1.29 is 4.79 Å². The molecular formula is C16H32N2O. The van der Waals surface area contributed by atoms with Gasteiger partial charge in [-0.15, -0.1) is 0 Å². The maximum absolute atomic E-state index is 12.2. The molecule has 0 spiro atoms. The van der Waals surface area contributed by atoms with Gasteiger partial charge in [0.05, 0.1) is 0 Å². The number of hydrogen-bond donors (Lipinski definition) is 1. The van der Waals surface area contributed by atoms with Crippen molar-refractivity contribution in [1.29, 1.82) is 0 Å². The summed E-state index contributed by atoms with van der Waals surface area (Å²) in [5.74, 6) is 0.317. The van der Waals surface area contributed by atoms with Crippen molar-refractivity contribution in [3.63, 3.8) is 0 Å². The van der Waals surface area contributed by atoms with E-state index in [1.807, 2.05) is 0 Å². The summed E-state index contributed by atoms with van der Waals surface area (Å²) in [6.45, 7) is 13.7. The Morgan fingerprint density at radius 2 is 1.68 bits per heavy atom. The average Bonchev–Trinajstić information content (AvgIpc) is 2.37. The van der Waals surface area contributed by atoms with E-state index in [1.54, 1.807) is 0 Å². The van der Waals surface area contributed by atoms with Gasteiger partial charge in [0.2, 0.25) is 5.91 Å². The van der Waals surface area contributed by atoms with Gasteiger partial charge in [-0.2, -0.15) is 0 Å². The lowest BCUT2D eigenvalue weighted by atomic mass is 9.74. The molecule has 0 aromatic carbocycles. The van der Waals surface area contributed by atoms with E-state index in [4.69, 9.17) is 0 Å². The summed E-state index contributed by atoms with van der Waals surface area (Å²) < 4.78 is 0. The van der Waals surface area contributed by atoms with Crippen molar-refractivity contribution in [3.05, 3.63) is 0 Å². The van der Waals surface area contributed by atoms with Crippen LogP contribution in [-0.4, -0.2) is 36.0 Å². The molecule has 1 aliphatic rings. The molecule has 1 aliphatic heterocycles. The summed E-state index contributed by atoms with van der Waals surface area (Å²) in [6, 6.07) is 0. The molecule has 0 atom stereocenters. The van der Waals surface area contributed by atoms with Gasteiger partial charge in [0, 0.05) is 31.6 Å². The molecule has 1 heterocycles. The second-order valence-corrected chi connectivity index (χ2v) is 7.01. The van der Waals surface area contributed by atoms with E-state index < -0.39 is 0 Å². The fraction of sp³-hybridized carbons (Fsp3) is 0.938. The molecule has 0 aromatic heterocycles. The van der Waals surface area contributed by atoms with Crippen LogP contribution in [0.25, 0.3) is 0 Å². The maximum atomic E-state index is 12.2. The first-order chi connectivity index (χ1) is 8.82. The van der Waals surface area contributed by atoms with Crippen molar-refractivity contribution in [2.24, 2.45) is 5.41 Å². The number of amides is 1. The Bertz CT molecular complexity index is 280. The first kappa shape index (κ1) is 16.5. The lowest BCUT2D eigenvalue weighted by Crippen LogP contribution is -2.44. The van der Waals surface area contributed by atoms with Crippen LogP contribution in [0, 0.1) is 5.41 Å². The van der Waals surface area contributed by atoms with Gasteiger partial charge in [0.1, 0.15) is 0 Å². The summed E-state index contributed by atoms with van der Waals surface area (Å²) >= 11 is 0. The maximum Gasteiger partial charge on any atom is 0.223 e. The van der Waals surface area contributed by atoms with E-state index in [9.17, 15) is 4.79 Å². The molecular weight excluding hydrogens is 236 g/mol. The highest BCUT2D eigenvalue weighted by Crippen LogP contribution is 2.37. The number of rotatable bonds is 5. The van der Waals surface area contributed by atoms with Gasteiger partial charge >= 0.3 is 0 Å². The second-order valence-electron chi connectivity index (χ2n) is 7.01. The topological polar surface area (TPSA) is 32.3 Å². The Kier molecular flexibility index (Phi) is 5.84. The van der Waals surface area contributed by atoms with Crippen LogP contribution < -0.4 is 5.32 Å². The molecule has 0 aliphatic carbocycles. The quantitative estimate of drug-likeness (QED) is 0.830. The number of nitrogens with one attached hydrogen (secondary N) is 1. The molecule has 0 bridgehead atoms. The Morgan fingerprint density at radius 1 is 1.16 bits per heavy atom. The summed E-state index contributed by atoms with van der Waals surface area (Å²) in [4.78, 5) is 14.2. The van der Waals surface area contributed by atoms with Gasteiger partial charge in [0.25, 0.3) is 0 Å². The van der Waals surface area contributed by atoms with Gasteiger partial charge in [-0.05, 0) is 39.0 Å². The average molecular weight is 268 g/mol. The van der Waals surface area contributed by atoms with Crippen LogP contribution in [0.4, 0.5) is 0 Å². The van der Waals surface area contributed by atoms with Crippen LogP contribution in [0.2, 0.25) is 0 Å². The van der Waals surface area contributed by atoms with E-state index in [0.29, 0.717) is 17.7 Å². The van der Waals surface area contributed by atoms with Gasteiger partial charge in [0.15, 0.2) is 0 Å². The zero-order chi connectivity index (χ0) is 14.5. The molecule has 1 saturated heterocycles. The van der Waals surface area contributed by atoms with Crippen LogP contribution in [0.5, 0.6) is 0 Å². The minimum absolute atomic E-state index is 0.0990. The molecule has 0 saturated carbocycles. The standard InChI is InChI=1S/C16H32N2O/c1-6-16(7-2)9-12-18(13-10-16)14(19)8-11-17-15(3,4)5/h17H,6-13H2,1-5H3. The van der Waals surface area contributed by atoms with E-state index in [0.717, 1.165) is 19.6 Å². The lowest BCUT2D eigenvalue weighted by Gasteiger charge is -2.41. The van der Waals surface area contributed by atoms with Crippen LogP contribution in [0.3, 0.4) is 0 Å². The third kappa shape index (κ3) is 5.13. The zero-order valence-corrected chi connectivity index (χ0v) is 13.5. The third-order valence-electron chi connectivity index (χ3n) is 4.67. The monoisotopic (exact) mass is 268 g/mol. The lowest BCUT2D eigenvalue weighted by molar-refractivity contribution is -0.133. The smallest absolute Gasteiger partial charge is 0.223 e. The molecule has 1 N–H and O–H groups in total. The zero-order valence-electron chi connectivity index (χ0n) is 13.5. The minimum atomic E-state index is 0.0990. The summed E-state index contributed by atoms with van der Waals surface area (Å²) in [5.41, 5.74) is 0.599. The fourth-order valence-corrected chi connectivity index (χ4v) is 2.89. The molecule has 1 amide bonds. The number of likely N-dealkylation sites (tertiary alicyclic amines) is 1. The van der Waals surface area contributed by atoms with Crippen molar-refractivity contribution in [3.8, 4) is 0 Å². The molecule has 19 heavy (non-hydrogen) atoms. The summed E-state index contributed by atoms with van der Waals surface area (Å²) in [5, 5.41) is 3.38. The van der Waals surface area contributed by atoms with Crippen molar-refractivity contribution in [1.82, 2.24) is 10.2 Å².